The first kappa shape index (κ1) is 7.34. The summed E-state index contributed by atoms with van der Waals surface area (Å²) in [4.78, 5) is 10.5. The van der Waals surface area contributed by atoms with Crippen molar-refractivity contribution in [3.63, 3.8) is 0 Å². The fourth-order valence-electron chi connectivity index (χ4n) is 1.54. The Kier molecular flexibility index (Phi) is 1.43. The molecule has 1 saturated carbocycles. The van der Waals surface area contributed by atoms with Crippen LogP contribution in [0.1, 0.15) is 18.0 Å². The van der Waals surface area contributed by atoms with Crippen molar-refractivity contribution < 1.29 is 9.90 Å². The van der Waals surface area contributed by atoms with Crippen LogP contribution in [0.15, 0.2) is 12.3 Å². The van der Waals surface area contributed by atoms with Gasteiger partial charge in [0.25, 0.3) is 0 Å². The molecule has 0 aromatic carbocycles. The third kappa shape index (κ3) is 0.995. The lowest BCUT2D eigenvalue weighted by Gasteiger charge is -1.97. The largest absolute Gasteiger partial charge is 0.481 e. The van der Waals surface area contributed by atoms with Crippen molar-refractivity contribution in [1.29, 1.82) is 0 Å². The number of nitrogens with zero attached hydrogens (tertiary/aromatic N) is 2. The van der Waals surface area contributed by atoms with E-state index in [1.165, 1.54) is 0 Å². The molecular weight excluding hydrogens is 156 g/mol. The lowest BCUT2D eigenvalue weighted by atomic mass is 10.2. The van der Waals surface area contributed by atoms with Gasteiger partial charge in [-0.3, -0.25) is 9.48 Å². The second kappa shape index (κ2) is 2.33. The van der Waals surface area contributed by atoms with Crippen molar-refractivity contribution in [2.24, 2.45) is 13.0 Å². The highest BCUT2D eigenvalue weighted by Gasteiger charge is 2.45. The molecule has 0 saturated heterocycles. The standard InChI is InChI=1S/C8H10N2O2/c1-10-7(2-3-9-10)5-4-6(5)8(11)12/h2-3,5-6H,4H2,1H3,(H,11,12)/t5-,6+/m1/s1. The topological polar surface area (TPSA) is 55.1 Å². The molecule has 1 fully saturated rings. The zero-order valence-electron chi connectivity index (χ0n) is 6.77. The Balaban J connectivity index is 2.15. The van der Waals surface area contributed by atoms with Gasteiger partial charge in [-0.1, -0.05) is 0 Å². The van der Waals surface area contributed by atoms with Gasteiger partial charge in [0.15, 0.2) is 0 Å². The number of hydrogen-bond donors (Lipinski definition) is 1. The number of carboxylic acids is 1. The monoisotopic (exact) mass is 166 g/mol. The Hall–Kier alpha value is -1.32. The summed E-state index contributed by atoms with van der Waals surface area (Å²) >= 11 is 0. The van der Waals surface area contributed by atoms with Crippen molar-refractivity contribution in [3.8, 4) is 0 Å². The Morgan fingerprint density at radius 3 is 3.00 bits per heavy atom. The molecule has 2 rings (SSSR count). The van der Waals surface area contributed by atoms with E-state index < -0.39 is 5.97 Å². The van der Waals surface area contributed by atoms with Crippen LogP contribution in [0, 0.1) is 5.92 Å². The lowest BCUT2D eigenvalue weighted by Crippen LogP contribution is -2.02. The molecule has 0 unspecified atom stereocenters. The van der Waals surface area contributed by atoms with Gasteiger partial charge in [-0.15, -0.1) is 0 Å². The zero-order valence-corrected chi connectivity index (χ0v) is 6.77. The maximum absolute atomic E-state index is 10.5. The SMILES string of the molecule is Cn1nccc1[C@@H]1C[C@@H]1C(=O)O. The van der Waals surface area contributed by atoms with E-state index in [2.05, 4.69) is 5.10 Å². The number of aliphatic carboxylic acids is 1. The molecule has 0 aliphatic heterocycles. The first-order valence-corrected chi connectivity index (χ1v) is 3.91. The number of carboxylic acid groups (broad SMARTS) is 1. The van der Waals surface area contributed by atoms with Crippen molar-refractivity contribution in [2.75, 3.05) is 0 Å². The summed E-state index contributed by atoms with van der Waals surface area (Å²) in [6, 6.07) is 1.88. The molecule has 1 aromatic rings. The van der Waals surface area contributed by atoms with Crippen LogP contribution in [0.25, 0.3) is 0 Å². The molecule has 0 amide bonds. The molecule has 0 bridgehead atoms. The van der Waals surface area contributed by atoms with E-state index in [0.717, 1.165) is 12.1 Å². The number of carbonyl (C=O) groups is 1. The van der Waals surface area contributed by atoms with Crippen LogP contribution in [-0.2, 0) is 11.8 Å². The molecule has 0 spiro atoms. The predicted molar refractivity (Wildman–Crippen MR) is 41.7 cm³/mol. The molecule has 4 heteroatoms. The summed E-state index contributed by atoms with van der Waals surface area (Å²) < 4.78 is 1.74. The molecule has 4 nitrogen and oxygen atoms in total. The van der Waals surface area contributed by atoms with Gasteiger partial charge in [-0.25, -0.2) is 0 Å². The molecule has 1 N–H and O–H groups in total. The van der Waals surface area contributed by atoms with Crippen LogP contribution >= 0.6 is 0 Å². The van der Waals surface area contributed by atoms with Gasteiger partial charge in [0, 0.05) is 24.9 Å². The Labute approximate surface area is 69.8 Å². The summed E-state index contributed by atoms with van der Waals surface area (Å²) in [5.74, 6) is -0.684. The smallest absolute Gasteiger partial charge is 0.307 e. The van der Waals surface area contributed by atoms with Gasteiger partial charge < -0.3 is 5.11 Å². The third-order valence-electron chi connectivity index (χ3n) is 2.35. The van der Waals surface area contributed by atoms with Gasteiger partial charge in [-0.2, -0.15) is 5.10 Å². The highest BCUT2D eigenvalue weighted by molar-refractivity contribution is 5.75. The summed E-state index contributed by atoms with van der Waals surface area (Å²) in [5.41, 5.74) is 1.03. The maximum atomic E-state index is 10.5. The van der Waals surface area contributed by atoms with Crippen LogP contribution in [0.2, 0.25) is 0 Å². The van der Waals surface area contributed by atoms with E-state index in [1.807, 2.05) is 13.1 Å². The van der Waals surface area contributed by atoms with E-state index in [9.17, 15) is 4.79 Å². The molecule has 64 valence electrons. The van der Waals surface area contributed by atoms with Gasteiger partial charge in [-0.05, 0) is 12.5 Å². The van der Waals surface area contributed by atoms with Crippen LogP contribution in [0.3, 0.4) is 0 Å². The van der Waals surface area contributed by atoms with Crippen LogP contribution in [-0.4, -0.2) is 20.9 Å². The average Bonchev–Trinajstić information content (AvgIpc) is 2.70. The van der Waals surface area contributed by atoms with Crippen molar-refractivity contribution in [2.45, 2.75) is 12.3 Å². The van der Waals surface area contributed by atoms with Gasteiger partial charge in [0.05, 0.1) is 5.92 Å². The van der Waals surface area contributed by atoms with Crippen LogP contribution < -0.4 is 0 Å². The first-order valence-electron chi connectivity index (χ1n) is 3.91. The molecule has 1 heterocycles. The number of aryl methyl sites for hydroxylation is 1. The van der Waals surface area contributed by atoms with E-state index in [0.29, 0.717) is 0 Å². The van der Waals surface area contributed by atoms with E-state index in [-0.39, 0.29) is 11.8 Å². The van der Waals surface area contributed by atoms with E-state index >= 15 is 0 Å². The second-order valence-electron chi connectivity index (χ2n) is 3.17. The van der Waals surface area contributed by atoms with Gasteiger partial charge in [0.1, 0.15) is 0 Å². The highest BCUT2D eigenvalue weighted by Crippen LogP contribution is 2.47. The lowest BCUT2D eigenvalue weighted by molar-refractivity contribution is -0.138. The number of hydrogen-bond acceptors (Lipinski definition) is 2. The number of rotatable bonds is 2. The van der Waals surface area contributed by atoms with Crippen molar-refractivity contribution >= 4 is 5.97 Å². The zero-order chi connectivity index (χ0) is 8.72. The minimum Gasteiger partial charge on any atom is -0.481 e. The van der Waals surface area contributed by atoms with Gasteiger partial charge >= 0.3 is 5.97 Å². The Morgan fingerprint density at radius 1 is 1.83 bits per heavy atom. The maximum Gasteiger partial charge on any atom is 0.307 e. The number of aromatic nitrogens is 2. The minimum atomic E-state index is -0.693. The second-order valence-corrected chi connectivity index (χ2v) is 3.17. The molecule has 12 heavy (non-hydrogen) atoms. The molecule has 2 atom stereocenters. The molecular formula is C8H10N2O2. The average molecular weight is 166 g/mol. The quantitative estimate of drug-likeness (QED) is 0.700. The van der Waals surface area contributed by atoms with Crippen LogP contribution in [0.5, 0.6) is 0 Å². The molecule has 1 aliphatic rings. The predicted octanol–water partition coefficient (Wildman–Crippen LogP) is 0.608. The summed E-state index contributed by atoms with van der Waals surface area (Å²) in [5, 5.41) is 12.7. The van der Waals surface area contributed by atoms with Crippen molar-refractivity contribution in [1.82, 2.24) is 9.78 Å². The minimum absolute atomic E-state index is 0.180. The molecule has 0 radical (unpaired) electrons. The van der Waals surface area contributed by atoms with Gasteiger partial charge in [0.2, 0.25) is 0 Å². The summed E-state index contributed by atoms with van der Waals surface area (Å²) in [6.07, 6.45) is 2.46. The third-order valence-corrected chi connectivity index (χ3v) is 2.35. The molecule has 1 aliphatic carbocycles. The Bertz CT molecular complexity index is 319. The van der Waals surface area contributed by atoms with E-state index in [1.54, 1.807) is 10.9 Å². The first-order chi connectivity index (χ1) is 5.70. The fourth-order valence-corrected chi connectivity index (χ4v) is 1.54. The fraction of sp³-hybridized carbons (Fsp3) is 0.500. The summed E-state index contributed by atoms with van der Waals surface area (Å²) in [7, 11) is 1.84. The van der Waals surface area contributed by atoms with Crippen LogP contribution in [0.4, 0.5) is 0 Å². The van der Waals surface area contributed by atoms with Crippen molar-refractivity contribution in [3.05, 3.63) is 18.0 Å². The van der Waals surface area contributed by atoms with E-state index in [4.69, 9.17) is 5.11 Å². The normalized spacial score (nSPS) is 27.1. The molecule has 1 aromatic heterocycles. The summed E-state index contributed by atoms with van der Waals surface area (Å²) in [6.45, 7) is 0. The Morgan fingerprint density at radius 2 is 2.58 bits per heavy atom. The highest BCUT2D eigenvalue weighted by atomic mass is 16.4.